The predicted molar refractivity (Wildman–Crippen MR) is 73.1 cm³/mol. The number of amides is 2. The number of hydrazine groups is 1. The summed E-state index contributed by atoms with van der Waals surface area (Å²) in [5.74, 6) is 6.14. The fraction of sp³-hybridized carbons (Fsp3) is 0.444. The van der Waals surface area contributed by atoms with Crippen LogP contribution in [0.3, 0.4) is 0 Å². The predicted octanol–water partition coefficient (Wildman–Crippen LogP) is 0.208. The number of nitrogen functional groups attached to an aromatic ring is 1. The van der Waals surface area contributed by atoms with Gasteiger partial charge < -0.3 is 15.5 Å². The molecule has 0 aliphatic rings. The highest BCUT2D eigenvalue weighted by atomic mass is 79.9. The number of nitrogens with two attached hydrogens (primary N) is 1. The lowest BCUT2D eigenvalue weighted by Crippen LogP contribution is -2.37. The Balaban J connectivity index is 2.41. The number of halogens is 1. The molecule has 0 atom stereocenters. The van der Waals surface area contributed by atoms with Crippen molar-refractivity contribution in [2.75, 3.05) is 37.9 Å². The minimum atomic E-state index is -0.136. The Kier molecular flexibility index (Phi) is 5.59. The third kappa shape index (κ3) is 4.34. The molecule has 0 bridgehead atoms. The van der Waals surface area contributed by atoms with Gasteiger partial charge in [-0.2, -0.15) is 4.98 Å². The van der Waals surface area contributed by atoms with Gasteiger partial charge in [-0.15, -0.1) is 0 Å². The van der Waals surface area contributed by atoms with Crippen molar-refractivity contribution >= 4 is 33.7 Å². The highest BCUT2D eigenvalue weighted by molar-refractivity contribution is 9.10. The van der Waals surface area contributed by atoms with Gasteiger partial charge in [0.15, 0.2) is 0 Å². The van der Waals surface area contributed by atoms with Crippen LogP contribution in [0.1, 0.15) is 0 Å². The molecule has 2 amide bonds. The molecule has 0 aromatic carbocycles. The highest BCUT2D eigenvalue weighted by Crippen LogP contribution is 2.19. The van der Waals surface area contributed by atoms with Crippen molar-refractivity contribution in [3.8, 4) is 0 Å². The van der Waals surface area contributed by atoms with E-state index in [0.717, 1.165) is 4.47 Å². The number of hydrogen-bond acceptors (Lipinski definition) is 6. The lowest BCUT2D eigenvalue weighted by atomic mass is 10.5. The number of hydrogen-bond donors (Lipinski definition) is 4. The third-order valence-electron chi connectivity index (χ3n) is 1.97. The molecule has 0 unspecified atom stereocenters. The Morgan fingerprint density at radius 2 is 2.22 bits per heavy atom. The second-order valence-electron chi connectivity index (χ2n) is 3.59. The molecule has 0 radical (unpaired) electrons. The summed E-state index contributed by atoms with van der Waals surface area (Å²) < 4.78 is 0.723. The molecule has 1 rings (SSSR count). The van der Waals surface area contributed by atoms with Crippen LogP contribution in [0.2, 0.25) is 0 Å². The number of nitrogens with one attached hydrogen (secondary N) is 3. The van der Waals surface area contributed by atoms with Crippen molar-refractivity contribution in [3.63, 3.8) is 0 Å². The van der Waals surface area contributed by atoms with Crippen molar-refractivity contribution in [2.45, 2.75) is 0 Å². The van der Waals surface area contributed by atoms with Crippen LogP contribution in [0.25, 0.3) is 0 Å². The summed E-state index contributed by atoms with van der Waals surface area (Å²) in [6.07, 6.45) is 1.59. The topological polar surface area (TPSA) is 108 Å². The molecule has 5 N–H and O–H groups in total. The summed E-state index contributed by atoms with van der Waals surface area (Å²) in [6, 6.07) is -0.136. The van der Waals surface area contributed by atoms with E-state index >= 15 is 0 Å². The van der Waals surface area contributed by atoms with E-state index in [0.29, 0.717) is 24.9 Å². The first kappa shape index (κ1) is 14.5. The third-order valence-corrected chi connectivity index (χ3v) is 2.55. The summed E-state index contributed by atoms with van der Waals surface area (Å²) in [5.41, 5.74) is 2.36. The van der Waals surface area contributed by atoms with Gasteiger partial charge in [-0.25, -0.2) is 15.6 Å². The molecule has 8 nitrogen and oxygen atoms in total. The molecule has 0 saturated carbocycles. The van der Waals surface area contributed by atoms with Crippen molar-refractivity contribution < 1.29 is 4.79 Å². The van der Waals surface area contributed by atoms with Crippen LogP contribution in [0.4, 0.5) is 16.6 Å². The number of rotatable bonds is 5. The number of anilines is 2. The normalized spacial score (nSPS) is 9.78. The Bertz CT molecular complexity index is 412. The Hall–Kier alpha value is -1.61. The highest BCUT2D eigenvalue weighted by Gasteiger charge is 2.04. The van der Waals surface area contributed by atoms with Gasteiger partial charge in [0.1, 0.15) is 5.82 Å². The first-order valence-electron chi connectivity index (χ1n) is 5.22. The van der Waals surface area contributed by atoms with E-state index in [1.165, 1.54) is 4.90 Å². The van der Waals surface area contributed by atoms with Gasteiger partial charge in [0.05, 0.1) is 4.47 Å². The van der Waals surface area contributed by atoms with Crippen molar-refractivity contribution in [2.24, 2.45) is 5.84 Å². The van der Waals surface area contributed by atoms with Gasteiger partial charge in [-0.05, 0) is 15.9 Å². The lowest BCUT2D eigenvalue weighted by Gasteiger charge is -2.13. The van der Waals surface area contributed by atoms with Gasteiger partial charge in [0.2, 0.25) is 5.95 Å². The molecule has 9 heteroatoms. The van der Waals surface area contributed by atoms with Gasteiger partial charge >= 0.3 is 6.03 Å². The SMILES string of the molecule is CN(C)C(=O)NCCNc1nc(NN)ncc1Br. The number of carbonyl (C=O) groups is 1. The molecule has 1 heterocycles. The van der Waals surface area contributed by atoms with E-state index in [-0.39, 0.29) is 6.03 Å². The largest absolute Gasteiger partial charge is 0.367 e. The molecule has 0 spiro atoms. The van der Waals surface area contributed by atoms with Crippen LogP contribution < -0.4 is 21.9 Å². The fourth-order valence-electron chi connectivity index (χ4n) is 1.07. The minimum Gasteiger partial charge on any atom is -0.367 e. The standard InChI is InChI=1S/C9H16BrN7O/c1-17(2)9(18)13-4-3-12-7-6(10)5-14-8(15-7)16-11/h5H,3-4,11H2,1-2H3,(H,13,18)(H2,12,14,15,16). The van der Waals surface area contributed by atoms with Crippen molar-refractivity contribution in [1.82, 2.24) is 20.2 Å². The summed E-state index contributed by atoms with van der Waals surface area (Å²) >= 11 is 3.31. The number of carbonyl (C=O) groups excluding carboxylic acids is 1. The maximum atomic E-state index is 11.2. The molecule has 100 valence electrons. The number of urea groups is 1. The monoisotopic (exact) mass is 317 g/mol. The van der Waals surface area contributed by atoms with Crippen LogP contribution in [0.15, 0.2) is 10.7 Å². The average Bonchev–Trinajstić information content (AvgIpc) is 2.36. The second kappa shape index (κ2) is 6.97. The quantitative estimate of drug-likeness (QED) is 0.351. The van der Waals surface area contributed by atoms with Crippen molar-refractivity contribution in [1.29, 1.82) is 0 Å². The zero-order valence-electron chi connectivity index (χ0n) is 10.2. The molecule has 1 aromatic heterocycles. The summed E-state index contributed by atoms with van der Waals surface area (Å²) in [7, 11) is 3.37. The molecular formula is C9H16BrN7O. The van der Waals surface area contributed by atoms with Gasteiger partial charge in [-0.3, -0.25) is 5.43 Å². The summed E-state index contributed by atoms with van der Waals surface area (Å²) in [5, 5.41) is 5.78. The summed E-state index contributed by atoms with van der Waals surface area (Å²) in [4.78, 5) is 20.8. The molecule has 1 aromatic rings. The van der Waals surface area contributed by atoms with Crippen LogP contribution >= 0.6 is 15.9 Å². The maximum absolute atomic E-state index is 11.2. The Morgan fingerprint density at radius 1 is 1.50 bits per heavy atom. The van der Waals surface area contributed by atoms with E-state index in [2.05, 4.69) is 42.0 Å². The first-order valence-corrected chi connectivity index (χ1v) is 6.02. The molecule has 0 fully saturated rings. The van der Waals surface area contributed by atoms with E-state index in [1.807, 2.05) is 0 Å². The fourth-order valence-corrected chi connectivity index (χ4v) is 1.40. The van der Waals surface area contributed by atoms with Gasteiger partial charge in [0.25, 0.3) is 0 Å². The summed E-state index contributed by atoms with van der Waals surface area (Å²) in [6.45, 7) is 1.03. The Morgan fingerprint density at radius 3 is 2.83 bits per heavy atom. The van der Waals surface area contributed by atoms with E-state index in [9.17, 15) is 4.79 Å². The maximum Gasteiger partial charge on any atom is 0.316 e. The molecule has 0 aliphatic carbocycles. The van der Waals surface area contributed by atoms with Crippen molar-refractivity contribution in [3.05, 3.63) is 10.7 Å². The second-order valence-corrected chi connectivity index (χ2v) is 4.44. The smallest absolute Gasteiger partial charge is 0.316 e. The zero-order valence-corrected chi connectivity index (χ0v) is 11.8. The van der Waals surface area contributed by atoms with Crippen LogP contribution in [0, 0.1) is 0 Å². The molecule has 18 heavy (non-hydrogen) atoms. The van der Waals surface area contributed by atoms with Gasteiger partial charge in [-0.1, -0.05) is 0 Å². The van der Waals surface area contributed by atoms with Crippen LogP contribution in [-0.2, 0) is 0 Å². The average molecular weight is 318 g/mol. The van der Waals surface area contributed by atoms with E-state index < -0.39 is 0 Å². The molecule has 0 saturated heterocycles. The van der Waals surface area contributed by atoms with Gasteiger partial charge in [0, 0.05) is 33.4 Å². The number of nitrogens with zero attached hydrogens (tertiary/aromatic N) is 3. The molecule has 0 aliphatic heterocycles. The number of aromatic nitrogens is 2. The van der Waals surface area contributed by atoms with E-state index in [4.69, 9.17) is 5.84 Å². The minimum absolute atomic E-state index is 0.136. The Labute approximate surface area is 113 Å². The zero-order chi connectivity index (χ0) is 13.5. The first-order chi connectivity index (χ1) is 8.54. The lowest BCUT2D eigenvalue weighted by molar-refractivity contribution is 0.218. The van der Waals surface area contributed by atoms with Crippen LogP contribution in [0.5, 0.6) is 0 Å². The van der Waals surface area contributed by atoms with Crippen LogP contribution in [-0.4, -0.2) is 48.1 Å². The molecular weight excluding hydrogens is 302 g/mol. The van der Waals surface area contributed by atoms with E-state index in [1.54, 1.807) is 20.3 Å².